The highest BCUT2D eigenvalue weighted by Gasteiger charge is 2.35. The van der Waals surface area contributed by atoms with Gasteiger partial charge < -0.3 is 9.80 Å². The fraction of sp³-hybridized carbons (Fsp3) is 0.400. The summed E-state index contributed by atoms with van der Waals surface area (Å²) in [5.41, 5.74) is -0.282. The summed E-state index contributed by atoms with van der Waals surface area (Å²) in [5.74, 6) is 1.58. The van der Waals surface area contributed by atoms with Crippen molar-refractivity contribution in [3.05, 3.63) is 22.8 Å². The van der Waals surface area contributed by atoms with Crippen LogP contribution in [0.15, 0.2) is 0 Å². The summed E-state index contributed by atoms with van der Waals surface area (Å²) >= 11 is 0. The van der Waals surface area contributed by atoms with Crippen molar-refractivity contribution in [3.8, 4) is 24.3 Å². The predicted molar refractivity (Wildman–Crippen MR) is 107 cm³/mol. The van der Waals surface area contributed by atoms with E-state index in [1.165, 1.54) is 0 Å². The third kappa shape index (κ3) is 3.43. The first-order chi connectivity index (χ1) is 14.6. The molecule has 2 aromatic heterocycles. The summed E-state index contributed by atoms with van der Waals surface area (Å²) < 4.78 is 0. The number of anilines is 4. The lowest BCUT2D eigenvalue weighted by molar-refractivity contribution is 0.730. The van der Waals surface area contributed by atoms with Crippen LogP contribution in [0.3, 0.4) is 0 Å². The largest absolute Gasteiger partial charge is 0.305 e. The second kappa shape index (κ2) is 8.82. The Hall–Kier alpha value is -4.28. The van der Waals surface area contributed by atoms with Gasteiger partial charge in [0.25, 0.3) is 0 Å². The highest BCUT2D eigenvalue weighted by molar-refractivity contribution is 5.86. The summed E-state index contributed by atoms with van der Waals surface area (Å²) in [7, 11) is 0. The van der Waals surface area contributed by atoms with Crippen molar-refractivity contribution in [1.82, 2.24) is 19.9 Å². The Kier molecular flexibility index (Phi) is 6.01. The Balaban J connectivity index is 2.33. The van der Waals surface area contributed by atoms with Crippen molar-refractivity contribution >= 4 is 23.3 Å². The molecule has 0 saturated heterocycles. The van der Waals surface area contributed by atoms with E-state index in [1.54, 1.807) is 9.80 Å². The van der Waals surface area contributed by atoms with Gasteiger partial charge in [0.2, 0.25) is 0 Å². The SMILES string of the molecule is CCCCN1c2nc(C#N)c(C#N)nc2N(CCCC)c2nc(C#N)c(C#N)nc21. The number of hydrogen-bond acceptors (Lipinski definition) is 10. The molecule has 0 spiro atoms. The number of unbranched alkanes of at least 4 members (excludes halogenated alkanes) is 2. The van der Waals surface area contributed by atoms with Crippen LogP contribution >= 0.6 is 0 Å². The summed E-state index contributed by atoms with van der Waals surface area (Å²) in [6.45, 7) is 5.09. The molecule has 1 aliphatic rings. The van der Waals surface area contributed by atoms with Crippen LogP contribution in [0, 0.1) is 45.3 Å². The Morgan fingerprint density at radius 2 is 0.833 bits per heavy atom. The quantitative estimate of drug-likeness (QED) is 0.709. The minimum absolute atomic E-state index is 0.0706. The van der Waals surface area contributed by atoms with Gasteiger partial charge >= 0.3 is 0 Å². The maximum atomic E-state index is 9.42. The summed E-state index contributed by atoms with van der Waals surface area (Å²) in [4.78, 5) is 21.2. The van der Waals surface area contributed by atoms with Gasteiger partial charge in [0, 0.05) is 13.1 Å². The van der Waals surface area contributed by atoms with E-state index in [0.29, 0.717) is 36.4 Å². The Morgan fingerprint density at radius 3 is 1.03 bits per heavy atom. The van der Waals surface area contributed by atoms with E-state index in [1.807, 2.05) is 38.1 Å². The maximum absolute atomic E-state index is 9.42. The highest BCUT2D eigenvalue weighted by Crippen LogP contribution is 2.44. The molecule has 30 heavy (non-hydrogen) atoms. The number of nitrogens with zero attached hydrogens (tertiary/aromatic N) is 10. The van der Waals surface area contributed by atoms with E-state index < -0.39 is 0 Å². The van der Waals surface area contributed by atoms with Crippen molar-refractivity contribution in [2.24, 2.45) is 0 Å². The molecule has 3 heterocycles. The van der Waals surface area contributed by atoms with Gasteiger partial charge in [0.1, 0.15) is 24.3 Å². The normalized spacial score (nSPS) is 11.5. The predicted octanol–water partition coefficient (Wildman–Crippen LogP) is 2.94. The molecule has 0 fully saturated rings. The molecule has 0 N–H and O–H groups in total. The molecule has 1 aliphatic heterocycles. The van der Waals surface area contributed by atoms with Gasteiger partial charge in [-0.1, -0.05) is 26.7 Å². The van der Waals surface area contributed by atoms with E-state index in [4.69, 9.17) is 0 Å². The van der Waals surface area contributed by atoms with Crippen molar-refractivity contribution in [2.45, 2.75) is 39.5 Å². The van der Waals surface area contributed by atoms with Crippen LogP contribution in [0.5, 0.6) is 0 Å². The summed E-state index contributed by atoms with van der Waals surface area (Å²) in [6.07, 6.45) is 3.37. The van der Waals surface area contributed by atoms with Crippen molar-refractivity contribution in [3.63, 3.8) is 0 Å². The fourth-order valence-electron chi connectivity index (χ4n) is 3.13. The average molecular weight is 398 g/mol. The third-order valence-corrected chi connectivity index (χ3v) is 4.64. The van der Waals surface area contributed by atoms with Crippen molar-refractivity contribution < 1.29 is 0 Å². The summed E-state index contributed by atoms with van der Waals surface area (Å²) in [6, 6.07) is 7.69. The van der Waals surface area contributed by atoms with Gasteiger partial charge in [-0.15, -0.1) is 0 Å². The fourth-order valence-corrected chi connectivity index (χ4v) is 3.13. The molecule has 0 bridgehead atoms. The minimum atomic E-state index is -0.0706. The Bertz CT molecular complexity index is 969. The van der Waals surface area contributed by atoms with Crippen LogP contribution in [0.4, 0.5) is 23.3 Å². The van der Waals surface area contributed by atoms with E-state index in [9.17, 15) is 21.0 Å². The zero-order valence-electron chi connectivity index (χ0n) is 16.7. The van der Waals surface area contributed by atoms with Gasteiger partial charge in [0.05, 0.1) is 0 Å². The lowest BCUT2D eigenvalue weighted by Crippen LogP contribution is -2.35. The maximum Gasteiger partial charge on any atom is 0.179 e. The monoisotopic (exact) mass is 398 g/mol. The van der Waals surface area contributed by atoms with Gasteiger partial charge in [-0.2, -0.15) is 21.0 Å². The molecule has 0 saturated carbocycles. The first kappa shape index (κ1) is 20.5. The average Bonchev–Trinajstić information content (AvgIpc) is 2.79. The molecule has 0 amide bonds. The second-order valence-corrected chi connectivity index (χ2v) is 6.59. The zero-order chi connectivity index (χ0) is 21.7. The van der Waals surface area contributed by atoms with E-state index in [-0.39, 0.29) is 22.8 Å². The molecular formula is C20H18N10. The first-order valence-electron chi connectivity index (χ1n) is 9.62. The molecule has 0 atom stereocenters. The van der Waals surface area contributed by atoms with Gasteiger partial charge in [-0.25, -0.2) is 19.9 Å². The first-order valence-corrected chi connectivity index (χ1v) is 9.62. The van der Waals surface area contributed by atoms with E-state index in [0.717, 1.165) is 25.7 Å². The van der Waals surface area contributed by atoms with Crippen molar-refractivity contribution in [2.75, 3.05) is 22.9 Å². The molecule has 0 unspecified atom stereocenters. The molecular weight excluding hydrogens is 380 g/mol. The lowest BCUT2D eigenvalue weighted by Gasteiger charge is -2.36. The van der Waals surface area contributed by atoms with E-state index in [2.05, 4.69) is 19.9 Å². The molecule has 2 aromatic rings. The van der Waals surface area contributed by atoms with Crippen molar-refractivity contribution in [1.29, 1.82) is 21.0 Å². The van der Waals surface area contributed by atoms with Gasteiger partial charge in [-0.05, 0) is 12.8 Å². The van der Waals surface area contributed by atoms with Crippen LogP contribution in [0.25, 0.3) is 0 Å². The molecule has 0 radical (unpaired) electrons. The van der Waals surface area contributed by atoms with E-state index >= 15 is 0 Å². The van der Waals surface area contributed by atoms with Crippen LogP contribution in [-0.2, 0) is 0 Å². The van der Waals surface area contributed by atoms with Crippen LogP contribution in [-0.4, -0.2) is 33.0 Å². The highest BCUT2D eigenvalue weighted by atomic mass is 15.4. The summed E-state index contributed by atoms with van der Waals surface area (Å²) in [5, 5.41) is 37.7. The molecule has 3 rings (SSSR count). The number of aromatic nitrogens is 4. The van der Waals surface area contributed by atoms with Crippen LogP contribution in [0.1, 0.15) is 62.3 Å². The lowest BCUT2D eigenvalue weighted by atomic mass is 10.2. The number of rotatable bonds is 6. The molecule has 0 aromatic carbocycles. The Labute approximate surface area is 174 Å². The number of fused-ring (bicyclic) bond motifs is 2. The second-order valence-electron chi connectivity index (χ2n) is 6.59. The van der Waals surface area contributed by atoms with Crippen LogP contribution < -0.4 is 9.80 Å². The topological polar surface area (TPSA) is 153 Å². The third-order valence-electron chi connectivity index (χ3n) is 4.64. The van der Waals surface area contributed by atoms with Crippen LogP contribution in [0.2, 0.25) is 0 Å². The Morgan fingerprint density at radius 1 is 0.567 bits per heavy atom. The zero-order valence-corrected chi connectivity index (χ0v) is 16.7. The van der Waals surface area contributed by atoms with Gasteiger partial charge in [-0.3, -0.25) is 0 Å². The molecule has 10 heteroatoms. The number of hydrogen-bond donors (Lipinski definition) is 0. The standard InChI is InChI=1S/C20H18N10/c1-3-5-7-29-17-19(27-15(11-23)13(9-21)25-17)30(8-6-4-2)20-18(29)26-14(10-22)16(12-24)28-20/h3-8H2,1-2H3. The molecule has 10 nitrogen and oxygen atoms in total. The minimum Gasteiger partial charge on any atom is -0.305 e. The van der Waals surface area contributed by atoms with Gasteiger partial charge in [0.15, 0.2) is 46.0 Å². The smallest absolute Gasteiger partial charge is 0.179 e. The molecule has 148 valence electrons. The molecule has 0 aliphatic carbocycles. The number of nitriles is 4.